The molecule has 1 rings (SSSR count). The minimum atomic E-state index is -3.56. The van der Waals surface area contributed by atoms with E-state index in [4.69, 9.17) is 0 Å². The van der Waals surface area contributed by atoms with E-state index in [0.717, 1.165) is 12.3 Å². The van der Waals surface area contributed by atoms with E-state index < -0.39 is 21.8 Å². The maximum atomic E-state index is 12.3. The molecule has 1 aromatic rings. The average molecular weight is 206 g/mol. The van der Waals surface area contributed by atoms with Gasteiger partial charge in [-0.1, -0.05) is 18.2 Å². The van der Waals surface area contributed by atoms with Crippen LogP contribution in [-0.2, 0) is 9.84 Å². The zero-order valence-corrected chi connectivity index (χ0v) is 7.68. The maximum absolute atomic E-state index is 12.3. The van der Waals surface area contributed by atoms with Gasteiger partial charge in [0.25, 0.3) is 6.43 Å². The fourth-order valence-corrected chi connectivity index (χ4v) is 1.91. The Morgan fingerprint density at radius 2 is 1.77 bits per heavy atom. The van der Waals surface area contributed by atoms with Crippen molar-refractivity contribution >= 4 is 9.84 Å². The highest BCUT2D eigenvalue weighted by Gasteiger charge is 2.18. The third-order valence-electron chi connectivity index (χ3n) is 1.55. The van der Waals surface area contributed by atoms with Crippen LogP contribution >= 0.6 is 0 Å². The lowest BCUT2D eigenvalue weighted by Gasteiger charge is -2.05. The van der Waals surface area contributed by atoms with Gasteiger partial charge in [-0.15, -0.1) is 0 Å². The van der Waals surface area contributed by atoms with Gasteiger partial charge < -0.3 is 0 Å². The van der Waals surface area contributed by atoms with Crippen molar-refractivity contribution < 1.29 is 17.2 Å². The highest BCUT2D eigenvalue weighted by Crippen LogP contribution is 2.25. The van der Waals surface area contributed by atoms with Crippen LogP contribution in [0.25, 0.3) is 0 Å². The van der Waals surface area contributed by atoms with Crippen molar-refractivity contribution in [3.63, 3.8) is 0 Å². The molecule has 0 atom stereocenters. The highest BCUT2D eigenvalue weighted by atomic mass is 32.2. The van der Waals surface area contributed by atoms with E-state index >= 15 is 0 Å². The number of sulfone groups is 1. The summed E-state index contributed by atoms with van der Waals surface area (Å²) < 4.78 is 46.6. The molecule has 0 aromatic heterocycles. The van der Waals surface area contributed by atoms with Crippen molar-refractivity contribution in [3.05, 3.63) is 29.8 Å². The molecule has 1 aromatic carbocycles. The highest BCUT2D eigenvalue weighted by molar-refractivity contribution is 7.90. The van der Waals surface area contributed by atoms with E-state index in [1.165, 1.54) is 18.2 Å². The van der Waals surface area contributed by atoms with E-state index in [1.54, 1.807) is 0 Å². The third-order valence-corrected chi connectivity index (χ3v) is 2.72. The lowest BCUT2D eigenvalue weighted by molar-refractivity contribution is 0.148. The Bertz CT molecular complexity index is 398. The van der Waals surface area contributed by atoms with Gasteiger partial charge in [0.2, 0.25) is 0 Å². The molecule has 13 heavy (non-hydrogen) atoms. The molecule has 0 saturated heterocycles. The molecule has 0 fully saturated rings. The number of rotatable bonds is 2. The molecular formula is C8H8F2O2S. The molecule has 0 unspecified atom stereocenters. The van der Waals surface area contributed by atoms with Gasteiger partial charge in [-0.2, -0.15) is 0 Å². The first kappa shape index (κ1) is 10.1. The standard InChI is InChI=1S/C8H8F2O2S/c1-13(11,12)7-5-3-2-4-6(7)8(9)10/h2-5,8H,1H3. The zero-order chi connectivity index (χ0) is 10.1. The molecule has 0 aliphatic rings. The number of alkyl halides is 2. The first-order valence-electron chi connectivity index (χ1n) is 3.50. The Morgan fingerprint density at radius 3 is 2.15 bits per heavy atom. The molecule has 0 saturated carbocycles. The van der Waals surface area contributed by atoms with Gasteiger partial charge in [-0.05, 0) is 6.07 Å². The zero-order valence-electron chi connectivity index (χ0n) is 6.87. The number of hydrogen-bond donors (Lipinski definition) is 0. The molecule has 2 nitrogen and oxygen atoms in total. The number of halogens is 2. The van der Waals surface area contributed by atoms with Crippen molar-refractivity contribution in [2.45, 2.75) is 11.3 Å². The second-order valence-electron chi connectivity index (χ2n) is 2.61. The van der Waals surface area contributed by atoms with Crippen molar-refractivity contribution in [3.8, 4) is 0 Å². The summed E-state index contributed by atoms with van der Waals surface area (Å²) in [5.74, 6) is 0. The fourth-order valence-electron chi connectivity index (χ4n) is 0.998. The lowest BCUT2D eigenvalue weighted by Crippen LogP contribution is -2.02. The minimum absolute atomic E-state index is 0.301. The lowest BCUT2D eigenvalue weighted by atomic mass is 10.2. The van der Waals surface area contributed by atoms with Gasteiger partial charge in [-0.3, -0.25) is 0 Å². The van der Waals surface area contributed by atoms with Gasteiger partial charge in [0.1, 0.15) is 0 Å². The molecule has 0 spiro atoms. The summed E-state index contributed by atoms with van der Waals surface area (Å²) in [5.41, 5.74) is -0.440. The molecule has 0 heterocycles. The van der Waals surface area contributed by atoms with E-state index in [9.17, 15) is 17.2 Å². The molecule has 0 radical (unpaired) electrons. The monoisotopic (exact) mass is 206 g/mol. The Morgan fingerprint density at radius 1 is 1.23 bits per heavy atom. The summed E-state index contributed by atoms with van der Waals surface area (Å²) in [6.07, 6.45) is -1.85. The molecule has 5 heteroatoms. The predicted octanol–water partition coefficient (Wildman–Crippen LogP) is 2.03. The molecule has 0 bridgehead atoms. The van der Waals surface area contributed by atoms with Crippen molar-refractivity contribution in [2.75, 3.05) is 6.26 Å². The van der Waals surface area contributed by atoms with Crippen LogP contribution in [0.2, 0.25) is 0 Å². The Labute approximate surface area is 75.1 Å². The predicted molar refractivity (Wildman–Crippen MR) is 44.5 cm³/mol. The van der Waals surface area contributed by atoms with Gasteiger partial charge in [0.15, 0.2) is 9.84 Å². The molecule has 0 N–H and O–H groups in total. The Hall–Kier alpha value is -0.970. The normalized spacial score (nSPS) is 12.0. The molecule has 0 aliphatic heterocycles. The summed E-state index contributed by atoms with van der Waals surface area (Å²) >= 11 is 0. The van der Waals surface area contributed by atoms with Crippen LogP contribution in [0.15, 0.2) is 29.2 Å². The minimum Gasteiger partial charge on any atom is -0.224 e. The largest absolute Gasteiger partial charge is 0.265 e. The maximum Gasteiger partial charge on any atom is 0.265 e. The topological polar surface area (TPSA) is 34.1 Å². The summed E-state index contributed by atoms with van der Waals surface area (Å²) in [6.45, 7) is 0. The quantitative estimate of drug-likeness (QED) is 0.741. The Kier molecular flexibility index (Phi) is 2.66. The SMILES string of the molecule is CS(=O)(=O)c1ccccc1C(F)F. The van der Waals surface area contributed by atoms with Crippen LogP contribution in [0.1, 0.15) is 12.0 Å². The van der Waals surface area contributed by atoms with Crippen LogP contribution in [0.5, 0.6) is 0 Å². The summed E-state index contributed by atoms with van der Waals surface area (Å²) in [7, 11) is -3.56. The average Bonchev–Trinajstić information content (AvgIpc) is 2.03. The molecule has 72 valence electrons. The smallest absolute Gasteiger partial charge is 0.224 e. The van der Waals surface area contributed by atoms with E-state index in [2.05, 4.69) is 0 Å². The number of benzene rings is 1. The second-order valence-corrected chi connectivity index (χ2v) is 4.59. The van der Waals surface area contributed by atoms with Crippen LogP contribution < -0.4 is 0 Å². The van der Waals surface area contributed by atoms with Crippen LogP contribution in [0.3, 0.4) is 0 Å². The summed E-state index contributed by atoms with van der Waals surface area (Å²) in [6, 6.07) is 5.09. The van der Waals surface area contributed by atoms with Crippen LogP contribution in [0, 0.1) is 0 Å². The second kappa shape index (κ2) is 3.41. The first-order chi connectivity index (χ1) is 5.93. The molecule has 0 aliphatic carbocycles. The van der Waals surface area contributed by atoms with Gasteiger partial charge >= 0.3 is 0 Å². The van der Waals surface area contributed by atoms with Gasteiger partial charge in [0, 0.05) is 11.8 Å². The van der Waals surface area contributed by atoms with Crippen molar-refractivity contribution in [2.24, 2.45) is 0 Å². The first-order valence-corrected chi connectivity index (χ1v) is 5.39. The van der Waals surface area contributed by atoms with Crippen molar-refractivity contribution in [1.82, 2.24) is 0 Å². The van der Waals surface area contributed by atoms with Crippen LogP contribution in [0.4, 0.5) is 8.78 Å². The van der Waals surface area contributed by atoms with E-state index in [0.29, 0.717) is 0 Å². The van der Waals surface area contributed by atoms with Crippen LogP contribution in [-0.4, -0.2) is 14.7 Å². The fraction of sp³-hybridized carbons (Fsp3) is 0.250. The molecule has 0 amide bonds. The summed E-state index contributed by atoms with van der Waals surface area (Å²) in [5, 5.41) is 0. The molecular weight excluding hydrogens is 198 g/mol. The Balaban J connectivity index is 3.37. The van der Waals surface area contributed by atoms with E-state index in [-0.39, 0.29) is 4.90 Å². The summed E-state index contributed by atoms with van der Waals surface area (Å²) in [4.78, 5) is -0.301. The number of hydrogen-bond acceptors (Lipinski definition) is 2. The van der Waals surface area contributed by atoms with Gasteiger partial charge in [-0.25, -0.2) is 17.2 Å². The van der Waals surface area contributed by atoms with E-state index in [1.807, 2.05) is 0 Å². The van der Waals surface area contributed by atoms with Gasteiger partial charge in [0.05, 0.1) is 4.90 Å². The van der Waals surface area contributed by atoms with Crippen molar-refractivity contribution in [1.29, 1.82) is 0 Å². The third kappa shape index (κ3) is 2.24.